The molecule has 0 saturated carbocycles. The molecule has 0 radical (unpaired) electrons. The summed E-state index contributed by atoms with van der Waals surface area (Å²) in [6, 6.07) is 8.11. The van der Waals surface area contributed by atoms with E-state index in [1.54, 1.807) is 9.48 Å². The molecule has 0 N–H and O–H groups in total. The molecule has 0 unspecified atom stereocenters. The highest BCUT2D eigenvalue weighted by atomic mass is 79.9. The minimum atomic E-state index is 0.540. The van der Waals surface area contributed by atoms with Gasteiger partial charge in [-0.1, -0.05) is 28.1 Å². The number of aromatic nitrogens is 6. The summed E-state index contributed by atoms with van der Waals surface area (Å²) in [6.45, 7) is 2.57. The maximum atomic E-state index is 4.41. The number of hydrogen-bond donors (Lipinski definition) is 0. The molecule has 0 aliphatic carbocycles. The Morgan fingerprint density at radius 1 is 1.24 bits per heavy atom. The molecule has 21 heavy (non-hydrogen) atoms. The Balaban J connectivity index is 1.73. The van der Waals surface area contributed by atoms with Crippen LogP contribution in [0.1, 0.15) is 22.6 Å². The second-order valence-electron chi connectivity index (χ2n) is 4.98. The molecule has 0 amide bonds. The fraction of sp³-hybridized carbons (Fsp3) is 0.286. The smallest absolute Gasteiger partial charge is 0.179 e. The summed E-state index contributed by atoms with van der Waals surface area (Å²) in [7, 11) is 1.91. The first-order valence-corrected chi connectivity index (χ1v) is 7.40. The Morgan fingerprint density at radius 2 is 2.10 bits per heavy atom. The monoisotopic (exact) mass is 346 g/mol. The first-order valence-electron chi connectivity index (χ1n) is 6.60. The van der Waals surface area contributed by atoms with E-state index in [4.69, 9.17) is 0 Å². The number of rotatable bonds is 4. The lowest BCUT2D eigenvalue weighted by Gasteiger charge is -1.98. The number of nitrogens with zero attached hydrogens (tertiary/aromatic N) is 6. The van der Waals surface area contributed by atoms with Crippen LogP contribution in [-0.2, 0) is 20.0 Å². The van der Waals surface area contributed by atoms with Crippen molar-refractivity contribution in [1.82, 2.24) is 30.0 Å². The lowest BCUT2D eigenvalue weighted by Crippen LogP contribution is -2.06. The number of tetrazole rings is 1. The summed E-state index contributed by atoms with van der Waals surface area (Å²) in [5.41, 5.74) is 3.24. The maximum Gasteiger partial charge on any atom is 0.179 e. The predicted molar refractivity (Wildman–Crippen MR) is 81.8 cm³/mol. The van der Waals surface area contributed by atoms with E-state index in [-0.39, 0.29) is 0 Å². The van der Waals surface area contributed by atoms with Crippen LogP contribution >= 0.6 is 15.9 Å². The van der Waals surface area contributed by atoms with Crippen molar-refractivity contribution in [2.45, 2.75) is 19.9 Å². The quantitative estimate of drug-likeness (QED) is 0.725. The van der Waals surface area contributed by atoms with Gasteiger partial charge in [-0.15, -0.1) is 10.2 Å². The van der Waals surface area contributed by atoms with E-state index in [0.29, 0.717) is 18.8 Å². The second-order valence-corrected chi connectivity index (χ2v) is 5.89. The van der Waals surface area contributed by atoms with Gasteiger partial charge in [-0.25, -0.2) is 0 Å². The van der Waals surface area contributed by atoms with Crippen LogP contribution in [0.25, 0.3) is 0 Å². The summed E-state index contributed by atoms with van der Waals surface area (Å²) in [5, 5.41) is 17.0. The molecule has 2 heterocycles. The van der Waals surface area contributed by atoms with Crippen LogP contribution < -0.4 is 0 Å². The molecule has 0 atom stereocenters. The summed E-state index contributed by atoms with van der Waals surface area (Å²) >= 11 is 3.46. The second kappa shape index (κ2) is 5.77. The van der Waals surface area contributed by atoms with Crippen LogP contribution in [0.3, 0.4) is 0 Å². The highest BCUT2D eigenvalue weighted by Gasteiger charge is 2.08. The van der Waals surface area contributed by atoms with Gasteiger partial charge in [-0.2, -0.15) is 9.90 Å². The van der Waals surface area contributed by atoms with E-state index < -0.39 is 0 Å². The van der Waals surface area contributed by atoms with Gasteiger partial charge < -0.3 is 0 Å². The average molecular weight is 347 g/mol. The van der Waals surface area contributed by atoms with Crippen molar-refractivity contribution >= 4 is 15.9 Å². The molecule has 0 aliphatic heterocycles. The van der Waals surface area contributed by atoms with Crippen molar-refractivity contribution < 1.29 is 0 Å². The normalized spacial score (nSPS) is 11.0. The number of aryl methyl sites for hydroxylation is 2. The minimum Gasteiger partial charge on any atom is -0.275 e. The number of benzene rings is 1. The van der Waals surface area contributed by atoms with E-state index in [1.165, 1.54) is 0 Å². The molecule has 0 spiro atoms. The van der Waals surface area contributed by atoms with Crippen molar-refractivity contribution in [2.24, 2.45) is 7.05 Å². The fourth-order valence-electron chi connectivity index (χ4n) is 2.19. The Kier molecular flexibility index (Phi) is 3.83. The van der Waals surface area contributed by atoms with Gasteiger partial charge >= 0.3 is 0 Å². The highest BCUT2D eigenvalue weighted by Crippen LogP contribution is 2.13. The van der Waals surface area contributed by atoms with Crippen molar-refractivity contribution in [3.05, 3.63) is 57.6 Å². The molecule has 7 heteroatoms. The zero-order valence-electron chi connectivity index (χ0n) is 11.9. The van der Waals surface area contributed by atoms with E-state index in [1.807, 2.05) is 38.4 Å². The third-order valence-electron chi connectivity index (χ3n) is 3.15. The largest absolute Gasteiger partial charge is 0.275 e. The third kappa shape index (κ3) is 3.36. The molecule has 0 fully saturated rings. The third-order valence-corrected chi connectivity index (χ3v) is 3.64. The molecule has 0 saturated heterocycles. The van der Waals surface area contributed by atoms with Crippen LogP contribution in [0.2, 0.25) is 0 Å². The summed E-state index contributed by atoms with van der Waals surface area (Å²) in [4.78, 5) is 1.59. The van der Waals surface area contributed by atoms with E-state index in [0.717, 1.165) is 21.3 Å². The van der Waals surface area contributed by atoms with E-state index in [2.05, 4.69) is 42.5 Å². The maximum absolute atomic E-state index is 4.41. The fourth-order valence-corrected chi connectivity index (χ4v) is 2.63. The molecule has 0 bridgehead atoms. The van der Waals surface area contributed by atoms with Gasteiger partial charge in [0.1, 0.15) is 6.54 Å². The first kappa shape index (κ1) is 13.9. The molecular weight excluding hydrogens is 332 g/mol. The van der Waals surface area contributed by atoms with Gasteiger partial charge in [0.2, 0.25) is 0 Å². The zero-order valence-corrected chi connectivity index (χ0v) is 13.4. The Hall–Kier alpha value is -2.02. The van der Waals surface area contributed by atoms with Gasteiger partial charge in [0.05, 0.1) is 5.69 Å². The molecular formula is C14H15BrN6. The Bertz CT molecular complexity index is 760. The van der Waals surface area contributed by atoms with Gasteiger partial charge in [0.25, 0.3) is 0 Å². The summed E-state index contributed by atoms with van der Waals surface area (Å²) in [5.74, 6) is 0.710. The summed E-state index contributed by atoms with van der Waals surface area (Å²) < 4.78 is 2.85. The van der Waals surface area contributed by atoms with Crippen LogP contribution in [-0.4, -0.2) is 30.0 Å². The Labute approximate surface area is 130 Å². The SMILES string of the molecule is Cc1cn(C)nc1Cn1nnc(Cc2cccc(Br)c2)n1. The van der Waals surface area contributed by atoms with Gasteiger partial charge in [-0.3, -0.25) is 4.68 Å². The minimum absolute atomic E-state index is 0.540. The van der Waals surface area contributed by atoms with Gasteiger partial charge in [0.15, 0.2) is 5.82 Å². The highest BCUT2D eigenvalue weighted by molar-refractivity contribution is 9.10. The summed E-state index contributed by atoms with van der Waals surface area (Å²) in [6.07, 6.45) is 2.65. The van der Waals surface area contributed by atoms with E-state index >= 15 is 0 Å². The number of halogens is 1. The molecule has 1 aromatic carbocycles. The van der Waals surface area contributed by atoms with Crippen LogP contribution in [0.5, 0.6) is 0 Å². The number of hydrogen-bond acceptors (Lipinski definition) is 4. The average Bonchev–Trinajstić information content (AvgIpc) is 2.97. The molecule has 2 aromatic heterocycles. The van der Waals surface area contributed by atoms with Crippen molar-refractivity contribution in [2.75, 3.05) is 0 Å². The van der Waals surface area contributed by atoms with Crippen molar-refractivity contribution in [1.29, 1.82) is 0 Å². The van der Waals surface area contributed by atoms with Crippen molar-refractivity contribution in [3.63, 3.8) is 0 Å². The molecule has 3 aromatic rings. The van der Waals surface area contributed by atoms with Gasteiger partial charge in [0, 0.05) is 24.1 Å². The standard InChI is InChI=1S/C14H15BrN6/c1-10-8-20(2)17-13(10)9-21-18-14(16-19-21)7-11-4-3-5-12(15)6-11/h3-6,8H,7,9H2,1-2H3. The topological polar surface area (TPSA) is 61.4 Å². The van der Waals surface area contributed by atoms with Crippen LogP contribution in [0, 0.1) is 6.92 Å². The Morgan fingerprint density at radius 3 is 2.81 bits per heavy atom. The molecule has 0 aliphatic rings. The zero-order chi connectivity index (χ0) is 14.8. The molecule has 6 nitrogen and oxygen atoms in total. The van der Waals surface area contributed by atoms with Crippen molar-refractivity contribution in [3.8, 4) is 0 Å². The van der Waals surface area contributed by atoms with Crippen LogP contribution in [0.4, 0.5) is 0 Å². The lowest BCUT2D eigenvalue weighted by molar-refractivity contribution is 0.554. The first-order chi connectivity index (χ1) is 10.1. The van der Waals surface area contributed by atoms with E-state index in [9.17, 15) is 0 Å². The predicted octanol–water partition coefficient (Wildman–Crippen LogP) is 2.12. The van der Waals surface area contributed by atoms with Gasteiger partial charge in [-0.05, 0) is 35.4 Å². The van der Waals surface area contributed by atoms with Crippen LogP contribution in [0.15, 0.2) is 34.9 Å². The molecule has 3 rings (SSSR count). The molecule has 108 valence electrons. The lowest BCUT2D eigenvalue weighted by atomic mass is 10.1.